The zero-order valence-corrected chi connectivity index (χ0v) is 18.9. The van der Waals surface area contributed by atoms with Crippen molar-refractivity contribution in [2.45, 2.75) is 54.9 Å². The SMILES string of the molecule is N#CCN1C=CC=CC1CCSc1ccc(-c2ccccc2C2CCC(F)(F)CC2)cc1. The average molecular weight is 451 g/mol. The molecule has 166 valence electrons. The van der Waals surface area contributed by atoms with E-state index in [2.05, 4.69) is 53.4 Å². The topological polar surface area (TPSA) is 27.0 Å². The van der Waals surface area contributed by atoms with Gasteiger partial charge in [-0.05, 0) is 60.1 Å². The maximum atomic E-state index is 13.6. The van der Waals surface area contributed by atoms with Gasteiger partial charge >= 0.3 is 0 Å². The molecule has 0 bridgehead atoms. The molecule has 4 rings (SSSR count). The van der Waals surface area contributed by atoms with Crippen LogP contribution in [0, 0.1) is 11.3 Å². The van der Waals surface area contributed by atoms with Crippen molar-refractivity contribution < 1.29 is 8.78 Å². The lowest BCUT2D eigenvalue weighted by Gasteiger charge is -2.29. The van der Waals surface area contributed by atoms with E-state index in [1.807, 2.05) is 42.2 Å². The highest BCUT2D eigenvalue weighted by Gasteiger charge is 2.35. The standard InChI is InChI=1S/C27H28F2N2S/c28-27(29)15-12-22(13-16-27)26-7-2-1-6-25(26)21-8-10-24(11-9-21)32-20-14-23-5-3-4-18-31(23)19-17-30/h1-11,18,22-23H,12-16,19-20H2. The maximum absolute atomic E-state index is 13.6. The highest BCUT2D eigenvalue weighted by atomic mass is 32.2. The molecule has 1 unspecified atom stereocenters. The van der Waals surface area contributed by atoms with Gasteiger partial charge in [0.1, 0.15) is 6.54 Å². The summed E-state index contributed by atoms with van der Waals surface area (Å²) in [6, 6.07) is 19.3. The third-order valence-corrected chi connectivity index (χ3v) is 7.41. The third-order valence-electron chi connectivity index (χ3n) is 6.37. The monoisotopic (exact) mass is 450 g/mol. The molecule has 0 amide bonds. The van der Waals surface area contributed by atoms with Crippen LogP contribution in [0.1, 0.15) is 43.6 Å². The van der Waals surface area contributed by atoms with Gasteiger partial charge in [-0.1, -0.05) is 48.6 Å². The van der Waals surface area contributed by atoms with Crippen molar-refractivity contribution in [2.75, 3.05) is 12.3 Å². The van der Waals surface area contributed by atoms with Gasteiger partial charge in [0.25, 0.3) is 0 Å². The van der Waals surface area contributed by atoms with E-state index >= 15 is 0 Å². The predicted octanol–water partition coefficient (Wildman–Crippen LogP) is 7.41. The number of halogens is 2. The molecule has 1 aliphatic carbocycles. The summed E-state index contributed by atoms with van der Waals surface area (Å²) in [5.74, 6) is -1.33. The van der Waals surface area contributed by atoms with Crippen molar-refractivity contribution in [1.82, 2.24) is 4.90 Å². The number of rotatable bonds is 7. The molecule has 0 radical (unpaired) electrons. The molecule has 1 aliphatic heterocycles. The van der Waals surface area contributed by atoms with Gasteiger partial charge in [-0.25, -0.2) is 8.78 Å². The molecular formula is C27H28F2N2S. The number of nitrogens with zero attached hydrogens (tertiary/aromatic N) is 2. The Morgan fingerprint density at radius 3 is 2.53 bits per heavy atom. The number of thioether (sulfide) groups is 1. The van der Waals surface area contributed by atoms with E-state index in [0.29, 0.717) is 19.4 Å². The van der Waals surface area contributed by atoms with Crippen LogP contribution in [0.4, 0.5) is 8.78 Å². The summed E-state index contributed by atoms with van der Waals surface area (Å²) < 4.78 is 27.2. The van der Waals surface area contributed by atoms with Crippen molar-refractivity contribution in [3.8, 4) is 17.2 Å². The van der Waals surface area contributed by atoms with Crippen LogP contribution >= 0.6 is 11.8 Å². The van der Waals surface area contributed by atoms with Gasteiger partial charge in [-0.15, -0.1) is 11.8 Å². The third kappa shape index (κ3) is 5.61. The first-order chi connectivity index (χ1) is 15.6. The molecule has 32 heavy (non-hydrogen) atoms. The molecule has 2 nitrogen and oxygen atoms in total. The van der Waals surface area contributed by atoms with Gasteiger partial charge in [0.15, 0.2) is 0 Å². The molecular weight excluding hydrogens is 422 g/mol. The highest BCUT2D eigenvalue weighted by Crippen LogP contribution is 2.43. The zero-order valence-electron chi connectivity index (χ0n) is 18.1. The van der Waals surface area contributed by atoms with Gasteiger partial charge in [-0.2, -0.15) is 5.26 Å². The largest absolute Gasteiger partial charge is 0.358 e. The normalized spacial score (nSPS) is 20.3. The van der Waals surface area contributed by atoms with E-state index in [0.717, 1.165) is 23.3 Å². The van der Waals surface area contributed by atoms with E-state index in [1.54, 1.807) is 0 Å². The Bertz CT molecular complexity index is 997. The van der Waals surface area contributed by atoms with Crippen LogP contribution in [0.3, 0.4) is 0 Å². The number of nitriles is 1. The van der Waals surface area contributed by atoms with Crippen LogP contribution in [0.25, 0.3) is 11.1 Å². The van der Waals surface area contributed by atoms with Crippen molar-refractivity contribution in [2.24, 2.45) is 0 Å². The number of benzene rings is 2. The molecule has 1 atom stereocenters. The van der Waals surface area contributed by atoms with E-state index in [9.17, 15) is 8.78 Å². The summed E-state index contributed by atoms with van der Waals surface area (Å²) >= 11 is 1.82. The highest BCUT2D eigenvalue weighted by molar-refractivity contribution is 7.99. The minimum atomic E-state index is -2.50. The summed E-state index contributed by atoms with van der Waals surface area (Å²) in [6.07, 6.45) is 10.2. The fourth-order valence-electron chi connectivity index (χ4n) is 4.58. The first kappa shape index (κ1) is 22.6. The minimum absolute atomic E-state index is 0.0145. The van der Waals surface area contributed by atoms with Crippen LogP contribution in [0.2, 0.25) is 0 Å². The van der Waals surface area contributed by atoms with Crippen molar-refractivity contribution >= 4 is 11.8 Å². The lowest BCUT2D eigenvalue weighted by Crippen LogP contribution is -2.31. The average Bonchev–Trinajstić information content (AvgIpc) is 2.81. The first-order valence-electron chi connectivity index (χ1n) is 11.2. The Balaban J connectivity index is 1.38. The minimum Gasteiger partial charge on any atom is -0.358 e. The first-order valence-corrected chi connectivity index (χ1v) is 12.2. The molecule has 0 aromatic heterocycles. The molecule has 1 heterocycles. The van der Waals surface area contributed by atoms with E-state index in [-0.39, 0.29) is 24.8 Å². The number of hydrogen-bond acceptors (Lipinski definition) is 3. The van der Waals surface area contributed by atoms with Crippen molar-refractivity contribution in [3.63, 3.8) is 0 Å². The molecule has 1 saturated carbocycles. The van der Waals surface area contributed by atoms with E-state index in [4.69, 9.17) is 5.26 Å². The van der Waals surface area contributed by atoms with Gasteiger partial charge in [0, 0.05) is 35.7 Å². The number of allylic oxidation sites excluding steroid dienone is 2. The smallest absolute Gasteiger partial charge is 0.248 e. The van der Waals surface area contributed by atoms with Gasteiger partial charge in [0.2, 0.25) is 5.92 Å². The van der Waals surface area contributed by atoms with Gasteiger partial charge < -0.3 is 4.90 Å². The van der Waals surface area contributed by atoms with Crippen LogP contribution in [-0.4, -0.2) is 29.2 Å². The zero-order chi connectivity index (χ0) is 22.4. The Hall–Kier alpha value is -2.58. The summed E-state index contributed by atoms with van der Waals surface area (Å²) in [5.41, 5.74) is 3.49. The Labute approximate surface area is 193 Å². The quantitative estimate of drug-likeness (QED) is 0.325. The second-order valence-corrected chi connectivity index (χ2v) is 9.67. The Morgan fingerprint density at radius 1 is 1.03 bits per heavy atom. The molecule has 2 aromatic rings. The fraction of sp³-hybridized carbons (Fsp3) is 0.370. The van der Waals surface area contributed by atoms with Gasteiger partial charge in [-0.3, -0.25) is 0 Å². The second-order valence-electron chi connectivity index (χ2n) is 8.50. The molecule has 0 saturated heterocycles. The van der Waals surface area contributed by atoms with E-state index in [1.165, 1.54) is 10.5 Å². The molecule has 2 aromatic carbocycles. The summed E-state index contributed by atoms with van der Waals surface area (Å²) in [6.45, 7) is 0.406. The molecule has 5 heteroatoms. The summed E-state index contributed by atoms with van der Waals surface area (Å²) in [7, 11) is 0. The lowest BCUT2D eigenvalue weighted by atomic mass is 9.79. The maximum Gasteiger partial charge on any atom is 0.248 e. The van der Waals surface area contributed by atoms with Crippen LogP contribution < -0.4 is 0 Å². The molecule has 0 N–H and O–H groups in total. The Morgan fingerprint density at radius 2 is 1.78 bits per heavy atom. The van der Waals surface area contributed by atoms with Gasteiger partial charge in [0.05, 0.1) is 6.07 Å². The summed E-state index contributed by atoms with van der Waals surface area (Å²) in [4.78, 5) is 3.28. The number of hydrogen-bond donors (Lipinski definition) is 0. The lowest BCUT2D eigenvalue weighted by molar-refractivity contribution is -0.0381. The Kier molecular flexibility index (Phi) is 7.32. The fourth-order valence-corrected chi connectivity index (χ4v) is 5.51. The molecule has 2 aliphatic rings. The number of alkyl halides is 2. The molecule has 1 fully saturated rings. The predicted molar refractivity (Wildman–Crippen MR) is 128 cm³/mol. The van der Waals surface area contributed by atoms with Crippen LogP contribution in [0.15, 0.2) is 77.9 Å². The molecule has 0 spiro atoms. The summed E-state index contributed by atoms with van der Waals surface area (Å²) in [5, 5.41) is 9.00. The van der Waals surface area contributed by atoms with Crippen molar-refractivity contribution in [1.29, 1.82) is 5.26 Å². The van der Waals surface area contributed by atoms with Crippen LogP contribution in [0.5, 0.6) is 0 Å². The van der Waals surface area contributed by atoms with Crippen LogP contribution in [-0.2, 0) is 0 Å². The van der Waals surface area contributed by atoms with E-state index < -0.39 is 5.92 Å². The second kappa shape index (κ2) is 10.4. The van der Waals surface area contributed by atoms with Crippen molar-refractivity contribution in [3.05, 3.63) is 78.5 Å².